The van der Waals surface area contributed by atoms with Crippen molar-refractivity contribution in [3.8, 4) is 5.75 Å². The Morgan fingerprint density at radius 2 is 1.84 bits per heavy atom. The number of hydrogen-bond acceptors (Lipinski definition) is 7. The van der Waals surface area contributed by atoms with E-state index in [1.165, 1.54) is 30.4 Å². The predicted octanol–water partition coefficient (Wildman–Crippen LogP) is 3.55. The van der Waals surface area contributed by atoms with Crippen LogP contribution < -0.4 is 4.74 Å². The Hall–Kier alpha value is -2.63. The first-order chi connectivity index (χ1) is 17.8. The first kappa shape index (κ1) is 26.0. The Labute approximate surface area is 218 Å². The molecule has 1 saturated heterocycles. The third-order valence-electron chi connectivity index (χ3n) is 7.58. The third-order valence-corrected chi connectivity index (χ3v) is 9.48. The lowest BCUT2D eigenvalue weighted by molar-refractivity contribution is -0.509. The van der Waals surface area contributed by atoms with Gasteiger partial charge in [0.15, 0.2) is 18.0 Å². The highest BCUT2D eigenvalue weighted by Gasteiger charge is 2.36. The number of piperazine rings is 1. The van der Waals surface area contributed by atoms with Gasteiger partial charge in [-0.1, -0.05) is 24.4 Å². The zero-order chi connectivity index (χ0) is 26.2. The molecule has 1 saturated carbocycles. The average Bonchev–Trinajstić information content (AvgIpc) is 3.53. The van der Waals surface area contributed by atoms with Crippen LogP contribution in [-0.2, 0) is 16.4 Å². The van der Waals surface area contributed by atoms with Gasteiger partial charge < -0.3 is 4.74 Å². The molecule has 200 valence electrons. The lowest BCUT2D eigenvalue weighted by atomic mass is 10.2. The summed E-state index contributed by atoms with van der Waals surface area (Å²) in [5, 5.41) is 4.71. The molecule has 1 aliphatic carbocycles. The van der Waals surface area contributed by atoms with Gasteiger partial charge in [-0.05, 0) is 45.2 Å². The van der Waals surface area contributed by atoms with Crippen LogP contribution in [0.1, 0.15) is 68.0 Å². The van der Waals surface area contributed by atoms with Crippen LogP contribution in [0.4, 0.5) is 5.69 Å². The highest BCUT2D eigenvalue weighted by molar-refractivity contribution is 7.89. The average molecular weight is 530 g/mol. The minimum absolute atomic E-state index is 0.0122. The molecule has 0 N–H and O–H groups in total. The van der Waals surface area contributed by atoms with E-state index in [-0.39, 0.29) is 17.2 Å². The first-order valence-corrected chi connectivity index (χ1v) is 14.9. The molecular formula is C26H37N6O4S+. The Bertz CT molecular complexity index is 1300. The van der Waals surface area contributed by atoms with E-state index in [9.17, 15) is 13.2 Å². The molecule has 0 radical (unpaired) electrons. The number of nitrogens with zero attached hydrogens (tertiary/aromatic N) is 6. The molecule has 3 aliphatic rings. The molecule has 0 bridgehead atoms. The molecule has 11 heteroatoms. The van der Waals surface area contributed by atoms with Gasteiger partial charge in [0.2, 0.25) is 27.3 Å². The summed E-state index contributed by atoms with van der Waals surface area (Å²) in [5.41, 5.74) is 1.61. The monoisotopic (exact) mass is 529 g/mol. The molecule has 10 nitrogen and oxygen atoms in total. The Kier molecular flexibility index (Phi) is 7.46. The molecule has 2 fully saturated rings. The van der Waals surface area contributed by atoms with Gasteiger partial charge in [0, 0.05) is 44.7 Å². The van der Waals surface area contributed by atoms with Crippen molar-refractivity contribution < 1.29 is 22.6 Å². The van der Waals surface area contributed by atoms with Crippen molar-refractivity contribution in [3.63, 3.8) is 0 Å². The molecule has 3 heterocycles. The number of aryl methyl sites for hydroxylation is 2. The van der Waals surface area contributed by atoms with Crippen LogP contribution in [0.25, 0.3) is 0 Å². The SMILES string of the molecule is CCCc1nc(C)c2n1N=[N+](c1cc(S(=O)(=O)N3CCN(C4CCCC4)CC3)ccc1OCC)CC2=O. The number of ketones is 1. The number of aromatic nitrogens is 2. The maximum absolute atomic E-state index is 13.7. The van der Waals surface area contributed by atoms with E-state index in [2.05, 4.69) is 16.8 Å². The molecule has 0 unspecified atom stereocenters. The van der Waals surface area contributed by atoms with E-state index in [1.54, 1.807) is 27.2 Å². The van der Waals surface area contributed by atoms with Crippen LogP contribution >= 0.6 is 0 Å². The van der Waals surface area contributed by atoms with Gasteiger partial charge in [0.05, 0.1) is 22.4 Å². The van der Waals surface area contributed by atoms with Crippen LogP contribution in [0.15, 0.2) is 28.3 Å². The van der Waals surface area contributed by atoms with Crippen molar-refractivity contribution in [2.75, 3.05) is 39.3 Å². The maximum Gasteiger partial charge on any atom is 0.250 e. The number of benzene rings is 1. The molecule has 1 aromatic heterocycles. The number of imidazole rings is 1. The van der Waals surface area contributed by atoms with Gasteiger partial charge in [0.25, 0.3) is 0 Å². The van der Waals surface area contributed by atoms with Gasteiger partial charge in [-0.15, -0.1) is 4.70 Å². The number of carbonyl (C=O) groups excluding carboxylic acids is 1. The van der Waals surface area contributed by atoms with Crippen molar-refractivity contribution in [2.24, 2.45) is 5.22 Å². The summed E-state index contributed by atoms with van der Waals surface area (Å²) in [6.07, 6.45) is 6.51. The van der Waals surface area contributed by atoms with Gasteiger partial charge in [-0.2, -0.15) is 4.31 Å². The number of carbonyl (C=O) groups is 1. The summed E-state index contributed by atoms with van der Waals surface area (Å²) >= 11 is 0. The molecule has 2 aromatic rings. The third kappa shape index (κ3) is 4.96. The predicted molar refractivity (Wildman–Crippen MR) is 138 cm³/mol. The van der Waals surface area contributed by atoms with Crippen molar-refractivity contribution >= 4 is 21.5 Å². The number of Topliss-reactive ketones (excluding diaryl/α,β-unsaturated/α-hetero) is 1. The van der Waals surface area contributed by atoms with Gasteiger partial charge in [0.1, 0.15) is 0 Å². The largest absolute Gasteiger partial charge is 0.489 e. The van der Waals surface area contributed by atoms with Crippen molar-refractivity contribution in [1.29, 1.82) is 0 Å². The Morgan fingerprint density at radius 3 is 2.51 bits per heavy atom. The summed E-state index contributed by atoms with van der Waals surface area (Å²) in [5.74, 6) is 1.09. The van der Waals surface area contributed by atoms with E-state index in [4.69, 9.17) is 9.96 Å². The van der Waals surface area contributed by atoms with E-state index >= 15 is 0 Å². The molecule has 37 heavy (non-hydrogen) atoms. The summed E-state index contributed by atoms with van der Waals surface area (Å²) in [6, 6.07) is 5.44. The lowest BCUT2D eigenvalue weighted by Gasteiger charge is -2.37. The zero-order valence-corrected chi connectivity index (χ0v) is 22.8. The zero-order valence-electron chi connectivity index (χ0n) is 22.0. The minimum atomic E-state index is -3.71. The van der Waals surface area contributed by atoms with E-state index in [0.717, 1.165) is 25.3 Å². The smallest absolute Gasteiger partial charge is 0.250 e. The number of sulfonamides is 1. The van der Waals surface area contributed by atoms with Crippen molar-refractivity contribution in [1.82, 2.24) is 18.9 Å². The van der Waals surface area contributed by atoms with Crippen molar-refractivity contribution in [2.45, 2.75) is 70.2 Å². The summed E-state index contributed by atoms with van der Waals surface area (Å²) in [4.78, 5) is 20.3. The lowest BCUT2D eigenvalue weighted by Crippen LogP contribution is -2.51. The molecule has 5 rings (SSSR count). The summed E-state index contributed by atoms with van der Waals surface area (Å²) in [6.45, 7) is 8.60. The molecule has 0 spiro atoms. The van der Waals surface area contributed by atoms with Gasteiger partial charge >= 0.3 is 0 Å². The summed E-state index contributed by atoms with van der Waals surface area (Å²) in [7, 11) is -3.71. The van der Waals surface area contributed by atoms with Crippen LogP contribution in [0.3, 0.4) is 0 Å². The van der Waals surface area contributed by atoms with E-state index in [1.807, 2.05) is 13.8 Å². The molecule has 0 amide bonds. The Balaban J connectivity index is 1.47. The fraction of sp³-hybridized carbons (Fsp3) is 0.615. The van der Waals surface area contributed by atoms with Crippen LogP contribution in [-0.4, -0.2) is 83.1 Å². The number of hydrogen-bond donors (Lipinski definition) is 0. The van der Waals surface area contributed by atoms with Gasteiger partial charge in [-0.3, -0.25) is 9.69 Å². The minimum Gasteiger partial charge on any atom is -0.489 e. The molecule has 1 aromatic carbocycles. The molecular weight excluding hydrogens is 492 g/mol. The summed E-state index contributed by atoms with van der Waals surface area (Å²) < 4.78 is 37.9. The second-order valence-electron chi connectivity index (χ2n) is 10.0. The second kappa shape index (κ2) is 10.6. The van der Waals surface area contributed by atoms with E-state index in [0.29, 0.717) is 55.0 Å². The van der Waals surface area contributed by atoms with Crippen molar-refractivity contribution in [3.05, 3.63) is 35.4 Å². The van der Waals surface area contributed by atoms with Crippen LogP contribution in [0, 0.1) is 6.92 Å². The fourth-order valence-corrected chi connectivity index (χ4v) is 7.17. The standard InChI is InChI=1S/C26H37N6O4S/c1-4-8-25-27-19(3)26-23(33)18-31(28-32(25)26)22-17-21(11-12-24(22)36-5-2)37(34,35)30-15-13-29(14-16-30)20-9-6-7-10-20/h11-12,17,20H,4-10,13-16,18H2,1-3H3/q+1. The molecule has 2 aliphatic heterocycles. The topological polar surface area (TPSA) is 100 Å². The van der Waals surface area contributed by atoms with E-state index < -0.39 is 10.0 Å². The van der Waals surface area contributed by atoms with Crippen LogP contribution in [0.5, 0.6) is 5.75 Å². The molecule has 0 atom stereocenters. The Morgan fingerprint density at radius 1 is 1.11 bits per heavy atom. The quantitative estimate of drug-likeness (QED) is 0.485. The first-order valence-electron chi connectivity index (χ1n) is 13.5. The fourth-order valence-electron chi connectivity index (χ4n) is 5.73. The number of fused-ring (bicyclic) bond motifs is 1. The highest BCUT2D eigenvalue weighted by Crippen LogP contribution is 2.34. The number of ether oxygens (including phenoxy) is 1. The van der Waals surface area contributed by atoms with Crippen LogP contribution in [0.2, 0.25) is 0 Å². The highest BCUT2D eigenvalue weighted by atomic mass is 32.2. The number of rotatable bonds is 8. The van der Waals surface area contributed by atoms with Gasteiger partial charge in [-0.25, -0.2) is 13.4 Å². The normalized spacial score (nSPS) is 19.8. The maximum atomic E-state index is 13.7. The second-order valence-corrected chi connectivity index (χ2v) is 12.0.